The van der Waals surface area contributed by atoms with Crippen molar-refractivity contribution in [1.29, 1.82) is 0 Å². The number of para-hydroxylation sites is 2. The van der Waals surface area contributed by atoms with Gasteiger partial charge in [0, 0.05) is 0 Å². The van der Waals surface area contributed by atoms with Gasteiger partial charge in [-0.15, -0.1) is 0 Å². The molecule has 182 valence electrons. The fourth-order valence-electron chi connectivity index (χ4n) is 3.02. The van der Waals surface area contributed by atoms with Crippen molar-refractivity contribution in [2.45, 2.75) is 6.92 Å². The highest BCUT2D eigenvalue weighted by Crippen LogP contribution is 2.28. The zero-order chi connectivity index (χ0) is 23.0. The molecule has 33 heavy (non-hydrogen) atoms. The van der Waals surface area contributed by atoms with Crippen LogP contribution in [0.5, 0.6) is 23.0 Å². The molecule has 0 spiro atoms. The van der Waals surface area contributed by atoms with E-state index in [0.717, 1.165) is 5.56 Å². The first-order valence-electron chi connectivity index (χ1n) is 11.3. The Hall–Kier alpha value is -2.52. The Kier molecular flexibility index (Phi) is 11.7. The summed E-state index contributed by atoms with van der Waals surface area (Å²) >= 11 is 0. The second-order valence-electron chi connectivity index (χ2n) is 7.24. The van der Waals surface area contributed by atoms with Crippen molar-refractivity contribution in [3.63, 3.8) is 0 Å². The van der Waals surface area contributed by atoms with Gasteiger partial charge in [-0.2, -0.15) is 0 Å². The monoisotopic (exact) mass is 462 g/mol. The summed E-state index contributed by atoms with van der Waals surface area (Å²) in [4.78, 5) is 0. The molecule has 2 aromatic rings. The average Bonchev–Trinajstić information content (AvgIpc) is 2.82. The van der Waals surface area contributed by atoms with Gasteiger partial charge < -0.3 is 37.9 Å². The summed E-state index contributed by atoms with van der Waals surface area (Å²) in [5, 5.41) is 0. The molecular formula is C25H34O8. The topological polar surface area (TPSA) is 73.8 Å². The summed E-state index contributed by atoms with van der Waals surface area (Å²) in [5.74, 6) is 2.76. The SMILES string of the molecule is Cc1ccc2c(c1)OCCOCCOCCOc1ccccc1OCCOCCOCCO2. The van der Waals surface area contributed by atoms with Crippen LogP contribution in [0.1, 0.15) is 5.56 Å². The molecule has 0 saturated heterocycles. The first-order chi connectivity index (χ1) is 16.3. The molecule has 0 fully saturated rings. The minimum absolute atomic E-state index is 0.424. The van der Waals surface area contributed by atoms with E-state index in [9.17, 15) is 0 Å². The van der Waals surface area contributed by atoms with E-state index in [-0.39, 0.29) is 0 Å². The van der Waals surface area contributed by atoms with E-state index in [2.05, 4.69) is 0 Å². The maximum absolute atomic E-state index is 5.86. The number of hydrogen-bond donors (Lipinski definition) is 0. The first kappa shape index (κ1) is 25.1. The van der Waals surface area contributed by atoms with Gasteiger partial charge in [0.1, 0.15) is 26.4 Å². The Labute approximate surface area is 195 Å². The molecule has 0 saturated carbocycles. The maximum Gasteiger partial charge on any atom is 0.161 e. The molecule has 3 rings (SSSR count). The van der Waals surface area contributed by atoms with Crippen molar-refractivity contribution < 1.29 is 37.9 Å². The second kappa shape index (κ2) is 15.3. The van der Waals surface area contributed by atoms with Gasteiger partial charge in [-0.25, -0.2) is 0 Å². The normalized spacial score (nSPS) is 18.1. The average molecular weight is 463 g/mol. The van der Waals surface area contributed by atoms with E-state index >= 15 is 0 Å². The third-order valence-corrected chi connectivity index (χ3v) is 4.63. The highest BCUT2D eigenvalue weighted by atomic mass is 16.6. The highest BCUT2D eigenvalue weighted by Gasteiger charge is 2.07. The molecular weight excluding hydrogens is 428 g/mol. The summed E-state index contributed by atoms with van der Waals surface area (Å²) in [6.45, 7) is 7.48. The predicted molar refractivity (Wildman–Crippen MR) is 123 cm³/mol. The first-order valence-corrected chi connectivity index (χ1v) is 11.3. The Morgan fingerprint density at radius 1 is 0.424 bits per heavy atom. The number of benzene rings is 2. The molecule has 0 radical (unpaired) electrons. The lowest BCUT2D eigenvalue weighted by atomic mass is 10.2. The quantitative estimate of drug-likeness (QED) is 0.591. The highest BCUT2D eigenvalue weighted by molar-refractivity contribution is 5.42. The van der Waals surface area contributed by atoms with Gasteiger partial charge in [0.25, 0.3) is 0 Å². The Morgan fingerprint density at radius 3 is 1.24 bits per heavy atom. The molecule has 1 aliphatic rings. The van der Waals surface area contributed by atoms with Crippen LogP contribution in [0.2, 0.25) is 0 Å². The standard InChI is InChI=1S/C25H34O8/c1-21-6-7-24-25(20-21)33-19-15-29-11-10-27-13-17-31-23-5-3-2-4-22(23)30-16-12-26-8-9-28-14-18-32-24/h2-7,20H,8-19H2,1H3. The van der Waals surface area contributed by atoms with E-state index in [1.807, 2.05) is 49.4 Å². The molecule has 0 aromatic heterocycles. The summed E-state index contributed by atoms with van der Waals surface area (Å²) < 4.78 is 45.6. The van der Waals surface area contributed by atoms with Crippen LogP contribution in [0.25, 0.3) is 0 Å². The van der Waals surface area contributed by atoms with Crippen LogP contribution in [0.3, 0.4) is 0 Å². The van der Waals surface area contributed by atoms with Crippen LogP contribution in [-0.2, 0) is 18.9 Å². The van der Waals surface area contributed by atoms with E-state index in [1.165, 1.54) is 0 Å². The summed E-state index contributed by atoms with van der Waals surface area (Å²) in [5.41, 5.74) is 1.10. The molecule has 0 bridgehead atoms. The maximum atomic E-state index is 5.86. The lowest BCUT2D eigenvalue weighted by Gasteiger charge is -2.15. The number of rotatable bonds is 0. The third kappa shape index (κ3) is 9.88. The Morgan fingerprint density at radius 2 is 0.788 bits per heavy atom. The minimum atomic E-state index is 0.424. The Balaban J connectivity index is 1.46. The van der Waals surface area contributed by atoms with E-state index in [0.29, 0.717) is 102 Å². The van der Waals surface area contributed by atoms with Crippen LogP contribution in [0, 0.1) is 6.92 Å². The zero-order valence-electron chi connectivity index (χ0n) is 19.3. The minimum Gasteiger partial charge on any atom is -0.487 e. The van der Waals surface area contributed by atoms with E-state index in [4.69, 9.17) is 37.9 Å². The molecule has 0 atom stereocenters. The van der Waals surface area contributed by atoms with Crippen LogP contribution < -0.4 is 18.9 Å². The van der Waals surface area contributed by atoms with Gasteiger partial charge >= 0.3 is 0 Å². The van der Waals surface area contributed by atoms with Crippen molar-refractivity contribution in [1.82, 2.24) is 0 Å². The number of ether oxygens (including phenoxy) is 8. The van der Waals surface area contributed by atoms with Gasteiger partial charge in [0.2, 0.25) is 0 Å². The molecule has 2 aromatic carbocycles. The Bertz CT molecular complexity index is 798. The number of hydrogen-bond acceptors (Lipinski definition) is 8. The summed E-state index contributed by atoms with van der Waals surface area (Å²) in [6.07, 6.45) is 0. The fourth-order valence-corrected chi connectivity index (χ4v) is 3.02. The number of fused-ring (bicyclic) bond motifs is 2. The molecule has 1 aliphatic heterocycles. The van der Waals surface area contributed by atoms with Gasteiger partial charge in [-0.3, -0.25) is 0 Å². The molecule has 1 heterocycles. The predicted octanol–water partition coefficient (Wildman–Crippen LogP) is 3.29. The molecule has 8 heteroatoms. The van der Waals surface area contributed by atoms with Gasteiger partial charge in [-0.1, -0.05) is 18.2 Å². The molecule has 0 unspecified atom stereocenters. The molecule has 0 aliphatic carbocycles. The van der Waals surface area contributed by atoms with Crippen molar-refractivity contribution >= 4 is 0 Å². The van der Waals surface area contributed by atoms with Crippen LogP contribution >= 0.6 is 0 Å². The number of aryl methyl sites for hydroxylation is 1. The van der Waals surface area contributed by atoms with Crippen molar-refractivity contribution in [3.8, 4) is 23.0 Å². The third-order valence-electron chi connectivity index (χ3n) is 4.63. The second-order valence-corrected chi connectivity index (χ2v) is 7.24. The van der Waals surface area contributed by atoms with E-state index in [1.54, 1.807) is 0 Å². The zero-order valence-corrected chi connectivity index (χ0v) is 19.3. The van der Waals surface area contributed by atoms with E-state index < -0.39 is 0 Å². The van der Waals surface area contributed by atoms with Gasteiger partial charge in [0.05, 0.1) is 52.9 Å². The summed E-state index contributed by atoms with van der Waals surface area (Å²) in [7, 11) is 0. The van der Waals surface area contributed by atoms with Crippen LogP contribution in [0.15, 0.2) is 42.5 Å². The molecule has 8 nitrogen and oxygen atoms in total. The lowest BCUT2D eigenvalue weighted by molar-refractivity contribution is 0.0223. The molecule has 0 amide bonds. The largest absolute Gasteiger partial charge is 0.487 e. The lowest BCUT2D eigenvalue weighted by Crippen LogP contribution is -2.15. The summed E-state index contributed by atoms with van der Waals surface area (Å²) in [6, 6.07) is 13.4. The van der Waals surface area contributed by atoms with Gasteiger partial charge in [-0.05, 0) is 36.8 Å². The van der Waals surface area contributed by atoms with Crippen molar-refractivity contribution in [2.24, 2.45) is 0 Å². The van der Waals surface area contributed by atoms with Crippen molar-refractivity contribution in [2.75, 3.05) is 79.3 Å². The van der Waals surface area contributed by atoms with Crippen LogP contribution in [-0.4, -0.2) is 79.3 Å². The van der Waals surface area contributed by atoms with Crippen LogP contribution in [0.4, 0.5) is 0 Å². The smallest absolute Gasteiger partial charge is 0.161 e. The fraction of sp³-hybridized carbons (Fsp3) is 0.520. The van der Waals surface area contributed by atoms with Gasteiger partial charge in [0.15, 0.2) is 23.0 Å². The van der Waals surface area contributed by atoms with Crippen molar-refractivity contribution in [3.05, 3.63) is 48.0 Å². The molecule has 0 N–H and O–H groups in total.